The van der Waals surface area contributed by atoms with Gasteiger partial charge in [0.25, 0.3) is 0 Å². The molecule has 26 heavy (non-hydrogen) atoms. The van der Waals surface area contributed by atoms with Gasteiger partial charge < -0.3 is 14.6 Å². The molecule has 0 radical (unpaired) electrons. The third kappa shape index (κ3) is 7.01. The van der Waals surface area contributed by atoms with E-state index in [1.54, 1.807) is 6.08 Å². The first-order valence-electron chi connectivity index (χ1n) is 9.03. The highest BCUT2D eigenvalue weighted by Gasteiger charge is 2.09. The van der Waals surface area contributed by atoms with Crippen LogP contribution in [-0.4, -0.2) is 17.7 Å². The van der Waals surface area contributed by atoms with Crippen LogP contribution in [0.25, 0.3) is 6.08 Å². The van der Waals surface area contributed by atoms with Crippen LogP contribution in [0.1, 0.15) is 43.7 Å². The van der Waals surface area contributed by atoms with Gasteiger partial charge in [0.15, 0.2) is 0 Å². The second kappa shape index (κ2) is 11.0. The van der Waals surface area contributed by atoms with Gasteiger partial charge in [-0.1, -0.05) is 68.7 Å². The Morgan fingerprint density at radius 2 is 1.73 bits per heavy atom. The standard InChI is InChI=1S/C22H26O4/c1-2-3-4-8-15-25-21(22(23)24)16-18-11-13-20(14-12-18)26-17-19-9-6-5-7-10-19/h5-7,9-14,16H,2-4,8,15,17H2,1H3,(H,23,24)/b21-16-. The summed E-state index contributed by atoms with van der Waals surface area (Å²) >= 11 is 0. The molecule has 0 aliphatic heterocycles. The molecule has 2 aromatic carbocycles. The fourth-order valence-electron chi connectivity index (χ4n) is 2.43. The largest absolute Gasteiger partial charge is 0.489 e. The fraction of sp³-hybridized carbons (Fsp3) is 0.318. The number of unbranched alkanes of at least 4 members (excludes halogenated alkanes) is 3. The Kier molecular flexibility index (Phi) is 8.27. The van der Waals surface area contributed by atoms with Gasteiger partial charge in [0, 0.05) is 0 Å². The number of aliphatic carboxylic acids is 1. The van der Waals surface area contributed by atoms with Crippen molar-refractivity contribution in [3.8, 4) is 5.75 Å². The first-order chi connectivity index (χ1) is 12.7. The lowest BCUT2D eigenvalue weighted by molar-refractivity contribution is -0.136. The van der Waals surface area contributed by atoms with Crippen LogP contribution in [0.2, 0.25) is 0 Å². The number of carboxylic acid groups (broad SMARTS) is 1. The van der Waals surface area contributed by atoms with Crippen molar-refractivity contribution in [2.24, 2.45) is 0 Å². The maximum atomic E-state index is 11.3. The molecule has 1 N–H and O–H groups in total. The van der Waals surface area contributed by atoms with Gasteiger partial charge in [-0.25, -0.2) is 4.79 Å². The van der Waals surface area contributed by atoms with Gasteiger partial charge in [-0.15, -0.1) is 0 Å². The summed E-state index contributed by atoms with van der Waals surface area (Å²) in [5, 5.41) is 9.28. The third-order valence-electron chi connectivity index (χ3n) is 3.89. The zero-order valence-electron chi connectivity index (χ0n) is 15.2. The molecule has 0 atom stereocenters. The topological polar surface area (TPSA) is 55.8 Å². The summed E-state index contributed by atoms with van der Waals surface area (Å²) < 4.78 is 11.2. The predicted octanol–water partition coefficient (Wildman–Crippen LogP) is 5.29. The quantitative estimate of drug-likeness (QED) is 0.338. The zero-order valence-corrected chi connectivity index (χ0v) is 15.2. The predicted molar refractivity (Wildman–Crippen MR) is 103 cm³/mol. The van der Waals surface area contributed by atoms with Gasteiger partial charge in [0.2, 0.25) is 5.76 Å². The Balaban J connectivity index is 1.89. The van der Waals surface area contributed by atoms with Crippen molar-refractivity contribution in [1.29, 1.82) is 0 Å². The Labute approximate surface area is 155 Å². The SMILES string of the molecule is CCCCCCO/C(=C\c1ccc(OCc2ccccc2)cc1)C(=O)O. The van der Waals surface area contributed by atoms with Crippen molar-refractivity contribution >= 4 is 12.0 Å². The molecule has 0 saturated carbocycles. The van der Waals surface area contributed by atoms with Crippen molar-refractivity contribution in [2.75, 3.05) is 6.61 Å². The lowest BCUT2D eigenvalue weighted by Crippen LogP contribution is -2.06. The molecule has 138 valence electrons. The molecule has 0 spiro atoms. The van der Waals surface area contributed by atoms with Crippen molar-refractivity contribution < 1.29 is 19.4 Å². The van der Waals surface area contributed by atoms with Gasteiger partial charge in [-0.05, 0) is 35.8 Å². The summed E-state index contributed by atoms with van der Waals surface area (Å²) in [7, 11) is 0. The van der Waals surface area contributed by atoms with Crippen LogP contribution in [0.5, 0.6) is 5.75 Å². The van der Waals surface area contributed by atoms with Crippen LogP contribution in [0, 0.1) is 0 Å². The average Bonchev–Trinajstić information content (AvgIpc) is 2.67. The van der Waals surface area contributed by atoms with Crippen LogP contribution in [-0.2, 0) is 16.1 Å². The smallest absolute Gasteiger partial charge is 0.371 e. The van der Waals surface area contributed by atoms with Crippen molar-refractivity contribution in [1.82, 2.24) is 0 Å². The van der Waals surface area contributed by atoms with Gasteiger partial charge in [0.1, 0.15) is 12.4 Å². The molecular formula is C22H26O4. The first kappa shape index (κ1) is 19.6. The normalized spacial score (nSPS) is 11.2. The number of ether oxygens (including phenoxy) is 2. The van der Waals surface area contributed by atoms with E-state index in [2.05, 4.69) is 6.92 Å². The summed E-state index contributed by atoms with van der Waals surface area (Å²) in [5.74, 6) is -0.340. The summed E-state index contributed by atoms with van der Waals surface area (Å²) in [4.78, 5) is 11.3. The Morgan fingerprint density at radius 3 is 2.38 bits per heavy atom. The van der Waals surface area contributed by atoms with Crippen LogP contribution >= 0.6 is 0 Å². The Hall–Kier alpha value is -2.75. The molecule has 0 saturated heterocycles. The van der Waals surface area contributed by atoms with Crippen LogP contribution < -0.4 is 4.74 Å². The minimum Gasteiger partial charge on any atom is -0.489 e. The number of carboxylic acids is 1. The minimum absolute atomic E-state index is 0.0283. The van der Waals surface area contributed by atoms with E-state index in [0.717, 1.165) is 42.6 Å². The maximum absolute atomic E-state index is 11.3. The van der Waals surface area contributed by atoms with Crippen LogP contribution in [0.4, 0.5) is 0 Å². The number of benzene rings is 2. The molecule has 2 aromatic rings. The van der Waals surface area contributed by atoms with E-state index in [1.807, 2.05) is 54.6 Å². The molecule has 0 aliphatic carbocycles. The maximum Gasteiger partial charge on any atom is 0.371 e. The second-order valence-corrected chi connectivity index (χ2v) is 6.07. The molecule has 0 amide bonds. The molecule has 0 unspecified atom stereocenters. The summed E-state index contributed by atoms with van der Waals surface area (Å²) in [6, 6.07) is 17.2. The van der Waals surface area contributed by atoms with E-state index >= 15 is 0 Å². The van der Waals surface area contributed by atoms with Crippen molar-refractivity contribution in [2.45, 2.75) is 39.2 Å². The highest BCUT2D eigenvalue weighted by atomic mass is 16.5. The molecule has 4 heteroatoms. The molecule has 0 aliphatic rings. The summed E-state index contributed by atoms with van der Waals surface area (Å²) in [5.41, 5.74) is 1.86. The Morgan fingerprint density at radius 1 is 1.00 bits per heavy atom. The summed E-state index contributed by atoms with van der Waals surface area (Å²) in [6.07, 6.45) is 5.74. The molecular weight excluding hydrogens is 328 g/mol. The number of rotatable bonds is 11. The zero-order chi connectivity index (χ0) is 18.6. The number of hydrogen-bond acceptors (Lipinski definition) is 3. The second-order valence-electron chi connectivity index (χ2n) is 6.07. The van der Waals surface area contributed by atoms with E-state index in [9.17, 15) is 9.90 Å². The van der Waals surface area contributed by atoms with E-state index in [1.165, 1.54) is 0 Å². The minimum atomic E-state index is -1.05. The molecule has 0 fully saturated rings. The van der Waals surface area contributed by atoms with Crippen molar-refractivity contribution in [3.63, 3.8) is 0 Å². The highest BCUT2D eigenvalue weighted by molar-refractivity contribution is 5.89. The van der Waals surface area contributed by atoms with Gasteiger partial charge in [-0.3, -0.25) is 0 Å². The third-order valence-corrected chi connectivity index (χ3v) is 3.89. The van der Waals surface area contributed by atoms with Gasteiger partial charge in [0.05, 0.1) is 6.61 Å². The Bertz CT molecular complexity index is 690. The highest BCUT2D eigenvalue weighted by Crippen LogP contribution is 2.17. The van der Waals surface area contributed by atoms with Gasteiger partial charge in [-0.2, -0.15) is 0 Å². The van der Waals surface area contributed by atoms with E-state index in [4.69, 9.17) is 9.47 Å². The summed E-state index contributed by atoms with van der Waals surface area (Å²) in [6.45, 7) is 3.06. The van der Waals surface area contributed by atoms with Crippen molar-refractivity contribution in [3.05, 3.63) is 71.5 Å². The van der Waals surface area contributed by atoms with Crippen LogP contribution in [0.3, 0.4) is 0 Å². The molecule has 0 bridgehead atoms. The molecule has 0 aromatic heterocycles. The molecule has 2 rings (SSSR count). The number of carbonyl (C=O) groups is 1. The van der Waals surface area contributed by atoms with E-state index in [0.29, 0.717) is 13.2 Å². The van der Waals surface area contributed by atoms with Crippen LogP contribution in [0.15, 0.2) is 60.4 Å². The molecule has 0 heterocycles. The number of hydrogen-bond donors (Lipinski definition) is 1. The lowest BCUT2D eigenvalue weighted by atomic mass is 10.2. The molecule has 4 nitrogen and oxygen atoms in total. The first-order valence-corrected chi connectivity index (χ1v) is 9.03. The lowest BCUT2D eigenvalue weighted by Gasteiger charge is -2.08. The monoisotopic (exact) mass is 354 g/mol. The fourth-order valence-corrected chi connectivity index (χ4v) is 2.43. The van der Waals surface area contributed by atoms with E-state index in [-0.39, 0.29) is 5.76 Å². The van der Waals surface area contributed by atoms with Gasteiger partial charge >= 0.3 is 5.97 Å². The van der Waals surface area contributed by atoms with E-state index < -0.39 is 5.97 Å². The average molecular weight is 354 g/mol.